The van der Waals surface area contributed by atoms with Gasteiger partial charge in [0.25, 0.3) is 0 Å². The molecule has 4 N–H and O–H groups in total. The van der Waals surface area contributed by atoms with E-state index >= 15 is 0 Å². The molecule has 0 aromatic rings. The smallest absolute Gasteiger partial charge is 0.345 e. The lowest BCUT2D eigenvalue weighted by atomic mass is 9.76. The van der Waals surface area contributed by atoms with Gasteiger partial charge in [-0.1, -0.05) is 0 Å². The molecule has 0 bridgehead atoms. The van der Waals surface area contributed by atoms with Crippen molar-refractivity contribution in [3.8, 4) is 12.3 Å². The van der Waals surface area contributed by atoms with E-state index in [0.29, 0.717) is 0 Å². The topological polar surface area (TPSA) is 126 Å². The van der Waals surface area contributed by atoms with Crippen LogP contribution >= 0.6 is 0 Å². The zero-order chi connectivity index (χ0) is 16.7. The van der Waals surface area contributed by atoms with Crippen LogP contribution in [0.25, 0.3) is 0 Å². The molecule has 3 fully saturated rings. The highest BCUT2D eigenvalue weighted by Crippen LogP contribution is 2.50. The Morgan fingerprint density at radius 3 is 2.45 bits per heavy atom. The maximum atomic E-state index is 11.9. The molecule has 22 heavy (non-hydrogen) atoms. The molecule has 3 rings (SSSR count). The van der Waals surface area contributed by atoms with Gasteiger partial charge < -0.3 is 34.6 Å². The second-order valence-corrected chi connectivity index (χ2v) is 5.59. The first-order valence-corrected chi connectivity index (χ1v) is 6.91. The Labute approximate surface area is 127 Å². The molecule has 8 nitrogen and oxygen atoms in total. The van der Waals surface area contributed by atoms with Crippen LogP contribution in [-0.4, -0.2) is 69.0 Å². The van der Waals surface area contributed by atoms with Crippen LogP contribution in [0.1, 0.15) is 20.3 Å². The quantitative estimate of drug-likeness (QED) is 0.327. The van der Waals surface area contributed by atoms with Crippen molar-refractivity contribution in [2.75, 3.05) is 6.61 Å². The first kappa shape index (κ1) is 17.1. The summed E-state index contributed by atoms with van der Waals surface area (Å²) in [7, 11) is 0. The Bertz CT molecular complexity index is 488. The highest BCUT2D eigenvalue weighted by Gasteiger charge is 2.77. The Morgan fingerprint density at radius 1 is 1.36 bits per heavy atom. The molecule has 3 saturated heterocycles. The van der Waals surface area contributed by atoms with Crippen molar-refractivity contribution >= 4 is 5.97 Å². The number of fused-ring (bicyclic) bond motifs is 1. The van der Waals surface area contributed by atoms with Gasteiger partial charge in [-0.05, 0) is 13.8 Å². The van der Waals surface area contributed by atoms with E-state index in [4.69, 9.17) is 14.2 Å². The zero-order valence-corrected chi connectivity index (χ0v) is 12.3. The lowest BCUT2D eigenvalue weighted by molar-refractivity contribution is -0.279. The highest BCUT2D eigenvalue weighted by molar-refractivity contribution is 5.84. The van der Waals surface area contributed by atoms with E-state index in [0.717, 1.165) is 0 Å². The Kier molecular flexibility index (Phi) is 4.50. The number of ether oxygens (including phenoxy) is 3. The molecule has 0 aromatic carbocycles. The number of carbonyl (C=O) groups is 1. The molecule has 8 heteroatoms. The van der Waals surface area contributed by atoms with Crippen LogP contribution in [0.4, 0.5) is 0 Å². The number of hydrogen-bond acceptors (Lipinski definition) is 8. The van der Waals surface area contributed by atoms with Gasteiger partial charge in [0.2, 0.25) is 11.4 Å². The molecule has 3 aliphatic rings. The average molecular weight is 316 g/mol. The third-order valence-electron chi connectivity index (χ3n) is 4.23. The molecule has 0 saturated carbocycles. The number of esters is 1. The van der Waals surface area contributed by atoms with E-state index in [1.807, 2.05) is 0 Å². The van der Waals surface area contributed by atoms with Crippen molar-refractivity contribution in [1.29, 1.82) is 0 Å². The fraction of sp³-hybridized carbons (Fsp3) is 0.786. The third-order valence-corrected chi connectivity index (χ3v) is 4.23. The molecule has 0 aromatic heterocycles. The van der Waals surface area contributed by atoms with Crippen LogP contribution in [0.5, 0.6) is 0 Å². The fourth-order valence-electron chi connectivity index (χ4n) is 3.21. The van der Waals surface area contributed by atoms with Gasteiger partial charge in [-0.15, -0.1) is 12.3 Å². The van der Waals surface area contributed by atoms with Gasteiger partial charge in [-0.3, -0.25) is 0 Å². The van der Waals surface area contributed by atoms with Gasteiger partial charge in [0.1, 0.15) is 6.10 Å². The molecular formula is C14H20O8. The van der Waals surface area contributed by atoms with Crippen LogP contribution in [0.2, 0.25) is 0 Å². The summed E-state index contributed by atoms with van der Waals surface area (Å²) >= 11 is 0. The SMILES string of the molecule is C#CC.CC1OC(O)CC1C1(O)C(=O)OC2C(O)COC21O. The van der Waals surface area contributed by atoms with Crippen molar-refractivity contribution in [2.45, 2.75) is 56.3 Å². The highest BCUT2D eigenvalue weighted by atomic mass is 16.7. The predicted octanol–water partition coefficient (Wildman–Crippen LogP) is -1.89. The van der Waals surface area contributed by atoms with E-state index in [1.165, 1.54) is 0 Å². The molecule has 3 aliphatic heterocycles. The molecule has 0 aliphatic carbocycles. The third kappa shape index (κ3) is 2.22. The number of hydrogen-bond donors (Lipinski definition) is 4. The van der Waals surface area contributed by atoms with E-state index < -0.39 is 47.9 Å². The summed E-state index contributed by atoms with van der Waals surface area (Å²) in [6, 6.07) is 0. The monoisotopic (exact) mass is 316 g/mol. The Balaban J connectivity index is 0.000000545. The van der Waals surface area contributed by atoms with E-state index in [1.54, 1.807) is 13.8 Å². The largest absolute Gasteiger partial charge is 0.451 e. The standard InChI is InChI=1S/C11H16O8.C3H4/c1-4-5(2-7(13)18-4)10(15)9(14)19-8-6(12)3-17-11(8,10)16;1-3-2/h4-8,12-13,15-16H,2-3H2,1H3;1H,2H3. The maximum absolute atomic E-state index is 11.9. The van der Waals surface area contributed by atoms with Gasteiger partial charge in [-0.2, -0.15) is 0 Å². The summed E-state index contributed by atoms with van der Waals surface area (Å²) in [5.74, 6) is -2.04. The molecule has 0 amide bonds. The predicted molar refractivity (Wildman–Crippen MR) is 70.9 cm³/mol. The zero-order valence-electron chi connectivity index (χ0n) is 12.3. The maximum Gasteiger partial charge on any atom is 0.345 e. The average Bonchev–Trinajstić information content (AvgIpc) is 2.99. The van der Waals surface area contributed by atoms with E-state index in [9.17, 15) is 25.2 Å². The van der Waals surface area contributed by atoms with Crippen LogP contribution in [0.15, 0.2) is 0 Å². The van der Waals surface area contributed by atoms with Gasteiger partial charge in [0.15, 0.2) is 12.4 Å². The molecule has 7 atom stereocenters. The normalized spacial score (nSPS) is 49.9. The number of rotatable bonds is 1. The van der Waals surface area contributed by atoms with Gasteiger partial charge in [-0.25, -0.2) is 4.79 Å². The number of aliphatic hydroxyl groups is 4. The molecule has 0 spiro atoms. The second-order valence-electron chi connectivity index (χ2n) is 5.59. The van der Waals surface area contributed by atoms with E-state index in [-0.39, 0.29) is 13.0 Å². The fourth-order valence-corrected chi connectivity index (χ4v) is 3.21. The van der Waals surface area contributed by atoms with Crippen LogP contribution in [-0.2, 0) is 19.0 Å². The van der Waals surface area contributed by atoms with Crippen LogP contribution < -0.4 is 0 Å². The number of aliphatic hydroxyl groups excluding tert-OH is 2. The Morgan fingerprint density at radius 2 is 1.95 bits per heavy atom. The minimum absolute atomic E-state index is 0.0404. The van der Waals surface area contributed by atoms with Crippen LogP contribution in [0.3, 0.4) is 0 Å². The van der Waals surface area contributed by atoms with Crippen molar-refractivity contribution in [3.63, 3.8) is 0 Å². The summed E-state index contributed by atoms with van der Waals surface area (Å²) in [5, 5.41) is 40.2. The van der Waals surface area contributed by atoms with Crippen molar-refractivity contribution in [3.05, 3.63) is 0 Å². The van der Waals surface area contributed by atoms with Crippen LogP contribution in [0, 0.1) is 18.3 Å². The molecular weight excluding hydrogens is 296 g/mol. The van der Waals surface area contributed by atoms with Gasteiger partial charge in [0.05, 0.1) is 12.7 Å². The summed E-state index contributed by atoms with van der Waals surface area (Å²) in [6.07, 6.45) is 0.212. The van der Waals surface area contributed by atoms with Crippen molar-refractivity contribution < 1.29 is 39.4 Å². The molecule has 3 heterocycles. The minimum Gasteiger partial charge on any atom is -0.451 e. The summed E-state index contributed by atoms with van der Waals surface area (Å²) in [6.45, 7) is 2.97. The van der Waals surface area contributed by atoms with E-state index in [2.05, 4.69) is 12.3 Å². The minimum atomic E-state index is -2.37. The van der Waals surface area contributed by atoms with Gasteiger partial charge >= 0.3 is 5.97 Å². The Hall–Kier alpha value is -1.21. The molecule has 124 valence electrons. The van der Waals surface area contributed by atoms with Gasteiger partial charge in [0, 0.05) is 12.3 Å². The van der Waals surface area contributed by atoms with Crippen molar-refractivity contribution in [2.24, 2.45) is 5.92 Å². The number of terminal acetylenes is 1. The summed E-state index contributed by atoms with van der Waals surface area (Å²) < 4.78 is 15.0. The lowest BCUT2D eigenvalue weighted by Crippen LogP contribution is -2.63. The molecule has 0 radical (unpaired) electrons. The first-order chi connectivity index (χ1) is 10.2. The number of carbonyl (C=O) groups excluding carboxylic acids is 1. The first-order valence-electron chi connectivity index (χ1n) is 6.91. The van der Waals surface area contributed by atoms with Crippen molar-refractivity contribution in [1.82, 2.24) is 0 Å². The summed E-state index contributed by atoms with van der Waals surface area (Å²) in [5.41, 5.74) is -2.37. The lowest BCUT2D eigenvalue weighted by Gasteiger charge is -2.36. The molecule has 7 unspecified atom stereocenters. The summed E-state index contributed by atoms with van der Waals surface area (Å²) in [4.78, 5) is 11.9. The second kappa shape index (κ2) is 5.77.